The molecular formula is C20H28O8. The molecule has 4 aliphatic heterocycles. The van der Waals surface area contributed by atoms with Crippen molar-refractivity contribution >= 4 is 5.97 Å². The van der Waals surface area contributed by atoms with E-state index < -0.39 is 64.6 Å². The van der Waals surface area contributed by atoms with Crippen molar-refractivity contribution in [3.63, 3.8) is 0 Å². The minimum Gasteiger partial charge on any atom is -0.456 e. The van der Waals surface area contributed by atoms with Crippen LogP contribution in [0.3, 0.4) is 0 Å². The molecule has 0 amide bonds. The summed E-state index contributed by atoms with van der Waals surface area (Å²) in [6.45, 7) is 8.48. The topological polar surface area (TPSA) is 115 Å². The van der Waals surface area contributed by atoms with E-state index in [1.54, 1.807) is 6.92 Å². The van der Waals surface area contributed by atoms with Gasteiger partial charge in [0.25, 0.3) is 0 Å². The molecule has 4 heterocycles. The average Bonchev–Trinajstić information content (AvgIpc) is 3.31. The second-order valence-corrected chi connectivity index (χ2v) is 10.7. The molecule has 6 unspecified atom stereocenters. The molecule has 8 nitrogen and oxygen atoms in total. The number of esters is 1. The highest BCUT2D eigenvalue weighted by Crippen LogP contribution is 2.84. The van der Waals surface area contributed by atoms with E-state index in [9.17, 15) is 20.1 Å². The number of aliphatic hydroxyl groups excluding tert-OH is 2. The highest BCUT2D eigenvalue weighted by atomic mass is 16.7. The first-order chi connectivity index (χ1) is 13.0. The molecule has 8 heteroatoms. The monoisotopic (exact) mass is 396 g/mol. The molecule has 0 bridgehead atoms. The maximum Gasteiger partial charge on any atom is 0.342 e. The molecule has 2 saturated carbocycles. The van der Waals surface area contributed by atoms with Gasteiger partial charge in [0.15, 0.2) is 6.29 Å². The number of hydrogen-bond donors (Lipinski definition) is 3. The van der Waals surface area contributed by atoms with Gasteiger partial charge in [-0.3, -0.25) is 0 Å². The smallest absolute Gasteiger partial charge is 0.342 e. The van der Waals surface area contributed by atoms with Crippen molar-refractivity contribution in [2.45, 2.75) is 76.0 Å². The lowest BCUT2D eigenvalue weighted by molar-refractivity contribution is -0.241. The zero-order valence-electron chi connectivity index (χ0n) is 16.5. The predicted molar refractivity (Wildman–Crippen MR) is 91.7 cm³/mol. The van der Waals surface area contributed by atoms with E-state index in [1.165, 1.54) is 0 Å². The van der Waals surface area contributed by atoms with Crippen LogP contribution in [0.5, 0.6) is 0 Å². The minimum absolute atomic E-state index is 0.209. The third-order valence-electron chi connectivity index (χ3n) is 8.98. The first-order valence-electron chi connectivity index (χ1n) is 10.2. The molecule has 0 aromatic carbocycles. The molecule has 4 saturated heterocycles. The molecule has 0 radical (unpaired) electrons. The van der Waals surface area contributed by atoms with Gasteiger partial charge in [-0.25, -0.2) is 4.79 Å². The molecule has 3 N–H and O–H groups in total. The number of ether oxygens (including phenoxy) is 4. The summed E-state index contributed by atoms with van der Waals surface area (Å²) in [5.41, 5.74) is -6.10. The van der Waals surface area contributed by atoms with Crippen LogP contribution < -0.4 is 0 Å². The molecule has 0 aromatic rings. The van der Waals surface area contributed by atoms with E-state index in [0.717, 1.165) is 0 Å². The summed E-state index contributed by atoms with van der Waals surface area (Å²) in [5, 5.41) is 35.0. The van der Waals surface area contributed by atoms with Crippen LogP contribution in [0.1, 0.15) is 34.1 Å². The Hall–Kier alpha value is -0.770. The Morgan fingerprint density at radius 1 is 1.14 bits per heavy atom. The van der Waals surface area contributed by atoms with E-state index in [0.29, 0.717) is 13.0 Å². The second-order valence-electron chi connectivity index (χ2n) is 10.7. The van der Waals surface area contributed by atoms with Crippen molar-refractivity contribution in [2.24, 2.45) is 28.1 Å². The molecule has 6 rings (SSSR count). The number of aliphatic hydroxyl groups is 3. The Labute approximate surface area is 163 Å². The lowest BCUT2D eigenvalue weighted by Gasteiger charge is -2.47. The lowest BCUT2D eigenvalue weighted by atomic mass is 9.52. The van der Waals surface area contributed by atoms with Crippen LogP contribution >= 0.6 is 0 Å². The Balaban J connectivity index is 1.71. The number of fused-ring (bicyclic) bond motifs is 1. The van der Waals surface area contributed by atoms with Crippen molar-refractivity contribution in [3.05, 3.63) is 0 Å². The summed E-state index contributed by atoms with van der Waals surface area (Å²) in [5.74, 6) is -1.51. The largest absolute Gasteiger partial charge is 0.456 e. The van der Waals surface area contributed by atoms with Crippen molar-refractivity contribution in [1.82, 2.24) is 0 Å². The maximum absolute atomic E-state index is 13.4. The van der Waals surface area contributed by atoms with E-state index in [2.05, 4.69) is 0 Å². The third kappa shape index (κ3) is 1.29. The van der Waals surface area contributed by atoms with Crippen LogP contribution in [0.15, 0.2) is 0 Å². The van der Waals surface area contributed by atoms with Gasteiger partial charge >= 0.3 is 5.97 Å². The molecule has 2 aliphatic carbocycles. The van der Waals surface area contributed by atoms with E-state index in [-0.39, 0.29) is 17.9 Å². The van der Waals surface area contributed by atoms with Crippen molar-refractivity contribution < 1.29 is 39.1 Å². The summed E-state index contributed by atoms with van der Waals surface area (Å²) in [6.07, 6.45) is -4.44. The average molecular weight is 396 g/mol. The number of hydrogen-bond acceptors (Lipinski definition) is 8. The zero-order chi connectivity index (χ0) is 20.1. The molecule has 11 atom stereocenters. The fraction of sp³-hybridized carbons (Fsp3) is 0.950. The Bertz CT molecular complexity index is 779. The van der Waals surface area contributed by atoms with E-state index >= 15 is 0 Å². The Morgan fingerprint density at radius 2 is 1.86 bits per heavy atom. The quantitative estimate of drug-likeness (QED) is 0.473. The van der Waals surface area contributed by atoms with Gasteiger partial charge in [0, 0.05) is 17.3 Å². The fourth-order valence-corrected chi connectivity index (χ4v) is 8.51. The van der Waals surface area contributed by atoms with Crippen LogP contribution in [-0.2, 0) is 23.7 Å². The third-order valence-corrected chi connectivity index (χ3v) is 8.98. The van der Waals surface area contributed by atoms with E-state index in [4.69, 9.17) is 18.9 Å². The van der Waals surface area contributed by atoms with Gasteiger partial charge in [-0.05, 0) is 11.8 Å². The van der Waals surface area contributed by atoms with Crippen LogP contribution in [0, 0.1) is 28.1 Å². The Morgan fingerprint density at radius 3 is 2.54 bits per heavy atom. The van der Waals surface area contributed by atoms with Gasteiger partial charge in [0.2, 0.25) is 5.60 Å². The van der Waals surface area contributed by atoms with Crippen molar-refractivity contribution in [3.8, 4) is 0 Å². The van der Waals surface area contributed by atoms with Crippen molar-refractivity contribution in [1.29, 1.82) is 0 Å². The summed E-state index contributed by atoms with van der Waals surface area (Å²) >= 11 is 0. The van der Waals surface area contributed by atoms with Crippen molar-refractivity contribution in [2.75, 3.05) is 13.2 Å². The first kappa shape index (κ1) is 18.0. The molecular weight excluding hydrogens is 368 g/mol. The van der Waals surface area contributed by atoms with Gasteiger partial charge in [0.1, 0.15) is 17.8 Å². The standard InChI is InChI=1S/C20H28O8/c1-8-7-26-13-11(22)18-12-9(21)10(16(2,3)4)17(18)5-6-25-15(17)28-20(18,14(23)27-12)19(8,13)24/h8-13,15,21-22,24H,5-7H2,1-4H3/t8-,9-,10+,11?,12?,13?,15+,17?,18?,19-,20?/m1/s1. The Kier molecular flexibility index (Phi) is 2.96. The molecule has 6 fully saturated rings. The van der Waals surface area contributed by atoms with Gasteiger partial charge in [0.05, 0.1) is 30.8 Å². The second kappa shape index (κ2) is 4.60. The van der Waals surface area contributed by atoms with Crippen LogP contribution in [0.25, 0.3) is 0 Å². The van der Waals surface area contributed by atoms with Crippen LogP contribution in [0.4, 0.5) is 0 Å². The normalized spacial score (nSPS) is 64.0. The molecule has 2 spiro atoms. The molecule has 0 aromatic heterocycles. The van der Waals surface area contributed by atoms with E-state index in [1.807, 2.05) is 20.8 Å². The van der Waals surface area contributed by atoms with Crippen LogP contribution in [-0.4, -0.2) is 76.4 Å². The maximum atomic E-state index is 13.4. The SMILES string of the molecule is C[C@@H]1COC2C(O)C34C5OC(=O)C3(O[C@@H]3OCCC34[C@H](C(C)(C)C)[C@H]5O)[C@]21O. The van der Waals surface area contributed by atoms with Crippen LogP contribution in [0.2, 0.25) is 0 Å². The molecule has 6 aliphatic rings. The highest BCUT2D eigenvalue weighted by molar-refractivity contribution is 5.89. The zero-order valence-corrected chi connectivity index (χ0v) is 16.5. The number of carbonyl (C=O) groups excluding carboxylic acids is 1. The van der Waals surface area contributed by atoms with Gasteiger partial charge in [-0.15, -0.1) is 0 Å². The van der Waals surface area contributed by atoms with Gasteiger partial charge in [-0.1, -0.05) is 27.7 Å². The first-order valence-corrected chi connectivity index (χ1v) is 10.2. The van der Waals surface area contributed by atoms with Gasteiger partial charge < -0.3 is 34.3 Å². The number of rotatable bonds is 0. The highest BCUT2D eigenvalue weighted by Gasteiger charge is 3.02. The lowest BCUT2D eigenvalue weighted by Crippen LogP contribution is -2.65. The minimum atomic E-state index is -1.81. The summed E-state index contributed by atoms with van der Waals surface area (Å²) in [7, 11) is 0. The predicted octanol–water partition coefficient (Wildman–Crippen LogP) is -0.423. The summed E-state index contributed by atoms with van der Waals surface area (Å²) < 4.78 is 23.9. The summed E-state index contributed by atoms with van der Waals surface area (Å²) in [6, 6.07) is 0. The van der Waals surface area contributed by atoms with Gasteiger partial charge in [-0.2, -0.15) is 0 Å². The fourth-order valence-electron chi connectivity index (χ4n) is 8.51. The summed E-state index contributed by atoms with van der Waals surface area (Å²) in [4.78, 5) is 13.4. The number of carbonyl (C=O) groups is 1. The molecule has 28 heavy (non-hydrogen) atoms. The molecule has 156 valence electrons.